The first-order valence-electron chi connectivity index (χ1n) is 7.00. The van der Waals surface area contributed by atoms with Gasteiger partial charge in [-0.2, -0.15) is 10.1 Å². The molecule has 0 aliphatic heterocycles. The number of benzene rings is 1. The third-order valence-corrected chi connectivity index (χ3v) is 4.16. The summed E-state index contributed by atoms with van der Waals surface area (Å²) in [6.45, 7) is 3.98. The van der Waals surface area contributed by atoms with Gasteiger partial charge in [0, 0.05) is 5.56 Å². The number of thiophene rings is 1. The van der Waals surface area contributed by atoms with Crippen LogP contribution >= 0.6 is 11.3 Å². The lowest BCUT2D eigenvalue weighted by atomic mass is 10.1. The molecule has 5 nitrogen and oxygen atoms in total. The fourth-order valence-corrected chi connectivity index (χ4v) is 3.02. The number of amides is 1. The fraction of sp³-hybridized carbons (Fsp3) is 0.188. The quantitative estimate of drug-likeness (QED) is 0.796. The first-order chi connectivity index (χ1) is 10.7. The van der Waals surface area contributed by atoms with Crippen molar-refractivity contribution in [3.8, 4) is 11.1 Å². The standard InChI is InChI=1S/C16H16N4OS/c1-11(2)20-16(17-10-18-20)19-15(21)14-13(8-9-22-14)12-6-4-3-5-7-12/h3-11H,1-2H3,(H,17,18,19,21). The van der Waals surface area contributed by atoms with E-state index in [0.717, 1.165) is 11.1 Å². The van der Waals surface area contributed by atoms with E-state index in [-0.39, 0.29) is 11.9 Å². The van der Waals surface area contributed by atoms with Gasteiger partial charge in [-0.25, -0.2) is 4.68 Å². The molecule has 0 fully saturated rings. The number of hydrogen-bond acceptors (Lipinski definition) is 4. The van der Waals surface area contributed by atoms with Crippen LogP contribution in [0.2, 0.25) is 0 Å². The van der Waals surface area contributed by atoms with Crippen molar-refractivity contribution in [2.75, 3.05) is 5.32 Å². The van der Waals surface area contributed by atoms with Crippen LogP contribution in [0, 0.1) is 0 Å². The van der Waals surface area contributed by atoms with E-state index in [4.69, 9.17) is 0 Å². The fourth-order valence-electron chi connectivity index (χ4n) is 2.21. The highest BCUT2D eigenvalue weighted by Gasteiger charge is 2.17. The van der Waals surface area contributed by atoms with Gasteiger partial charge in [-0.1, -0.05) is 30.3 Å². The molecule has 2 aromatic heterocycles. The van der Waals surface area contributed by atoms with Crippen molar-refractivity contribution in [3.05, 3.63) is 53.0 Å². The van der Waals surface area contributed by atoms with Crippen LogP contribution in [-0.2, 0) is 0 Å². The Morgan fingerprint density at radius 1 is 1.23 bits per heavy atom. The molecule has 1 amide bonds. The van der Waals surface area contributed by atoms with E-state index < -0.39 is 0 Å². The zero-order chi connectivity index (χ0) is 15.5. The van der Waals surface area contributed by atoms with Crippen LogP contribution in [-0.4, -0.2) is 20.7 Å². The largest absolute Gasteiger partial charge is 0.290 e. The Balaban J connectivity index is 1.88. The van der Waals surface area contributed by atoms with Gasteiger partial charge in [-0.15, -0.1) is 11.3 Å². The highest BCUT2D eigenvalue weighted by molar-refractivity contribution is 7.12. The summed E-state index contributed by atoms with van der Waals surface area (Å²) in [5, 5.41) is 8.89. The lowest BCUT2D eigenvalue weighted by Gasteiger charge is -2.10. The van der Waals surface area contributed by atoms with Gasteiger partial charge in [-0.3, -0.25) is 10.1 Å². The summed E-state index contributed by atoms with van der Waals surface area (Å²) in [7, 11) is 0. The second-order valence-corrected chi connectivity index (χ2v) is 6.02. The normalized spacial score (nSPS) is 10.9. The molecule has 0 spiro atoms. The molecule has 112 valence electrons. The van der Waals surface area contributed by atoms with Gasteiger partial charge < -0.3 is 0 Å². The van der Waals surface area contributed by atoms with Crippen LogP contribution in [0.4, 0.5) is 5.95 Å². The minimum absolute atomic E-state index is 0.134. The molecule has 0 saturated carbocycles. The van der Waals surface area contributed by atoms with Gasteiger partial charge in [0.15, 0.2) is 0 Å². The molecule has 0 atom stereocenters. The predicted octanol–water partition coefficient (Wildman–Crippen LogP) is 3.84. The van der Waals surface area contributed by atoms with Gasteiger partial charge in [0.2, 0.25) is 5.95 Å². The van der Waals surface area contributed by atoms with Crippen molar-refractivity contribution in [1.82, 2.24) is 14.8 Å². The topological polar surface area (TPSA) is 59.8 Å². The molecule has 3 rings (SSSR count). The number of carbonyl (C=O) groups excluding carboxylic acids is 1. The molecular weight excluding hydrogens is 296 g/mol. The Kier molecular flexibility index (Phi) is 4.02. The number of hydrogen-bond donors (Lipinski definition) is 1. The van der Waals surface area contributed by atoms with Crippen molar-refractivity contribution in [2.24, 2.45) is 0 Å². The Morgan fingerprint density at radius 2 is 2.00 bits per heavy atom. The second-order valence-electron chi connectivity index (χ2n) is 5.11. The van der Waals surface area contributed by atoms with Crippen molar-refractivity contribution < 1.29 is 4.79 Å². The Labute approximate surface area is 132 Å². The minimum atomic E-state index is -0.163. The van der Waals surface area contributed by atoms with Crippen molar-refractivity contribution in [1.29, 1.82) is 0 Å². The minimum Gasteiger partial charge on any atom is -0.290 e. The molecular formula is C16H16N4OS. The zero-order valence-electron chi connectivity index (χ0n) is 12.4. The van der Waals surface area contributed by atoms with Crippen molar-refractivity contribution in [3.63, 3.8) is 0 Å². The lowest BCUT2D eigenvalue weighted by molar-refractivity contribution is 0.102. The average Bonchev–Trinajstić information content (AvgIpc) is 3.16. The molecule has 0 unspecified atom stereocenters. The summed E-state index contributed by atoms with van der Waals surface area (Å²) >= 11 is 1.42. The van der Waals surface area contributed by atoms with Crippen LogP contribution < -0.4 is 5.32 Å². The van der Waals surface area contributed by atoms with E-state index >= 15 is 0 Å². The molecule has 0 aliphatic carbocycles. The average molecular weight is 312 g/mol. The number of rotatable bonds is 4. The second kappa shape index (κ2) is 6.11. The van der Waals surface area contributed by atoms with Gasteiger partial charge in [-0.05, 0) is 30.9 Å². The third-order valence-electron chi connectivity index (χ3n) is 3.24. The van der Waals surface area contributed by atoms with Crippen molar-refractivity contribution in [2.45, 2.75) is 19.9 Å². The summed E-state index contributed by atoms with van der Waals surface area (Å²) in [4.78, 5) is 17.3. The summed E-state index contributed by atoms with van der Waals surface area (Å²) in [5.41, 5.74) is 1.96. The predicted molar refractivity (Wildman–Crippen MR) is 88.1 cm³/mol. The number of carbonyl (C=O) groups is 1. The maximum Gasteiger partial charge on any atom is 0.268 e. The van der Waals surface area contributed by atoms with Gasteiger partial charge in [0.1, 0.15) is 11.2 Å². The molecule has 0 radical (unpaired) electrons. The molecule has 0 saturated heterocycles. The van der Waals surface area contributed by atoms with Gasteiger partial charge in [0.25, 0.3) is 5.91 Å². The van der Waals surface area contributed by atoms with E-state index in [1.54, 1.807) is 4.68 Å². The highest BCUT2D eigenvalue weighted by Crippen LogP contribution is 2.28. The first-order valence-corrected chi connectivity index (χ1v) is 7.88. The van der Waals surface area contributed by atoms with Gasteiger partial charge >= 0.3 is 0 Å². The number of anilines is 1. The molecule has 0 bridgehead atoms. The summed E-state index contributed by atoms with van der Waals surface area (Å²) < 4.78 is 1.69. The Hall–Kier alpha value is -2.47. The third kappa shape index (κ3) is 2.78. The van der Waals surface area contributed by atoms with Gasteiger partial charge in [0.05, 0.1) is 6.04 Å². The molecule has 6 heteroatoms. The summed E-state index contributed by atoms with van der Waals surface area (Å²) in [5.74, 6) is 0.302. The zero-order valence-corrected chi connectivity index (χ0v) is 13.2. The van der Waals surface area contributed by atoms with Crippen LogP contribution in [0.3, 0.4) is 0 Å². The first kappa shape index (κ1) is 14.5. The van der Waals surface area contributed by atoms with E-state index in [1.165, 1.54) is 17.7 Å². The monoisotopic (exact) mass is 312 g/mol. The molecule has 0 aliphatic rings. The van der Waals surface area contributed by atoms with Crippen molar-refractivity contribution >= 4 is 23.2 Å². The van der Waals surface area contributed by atoms with Crippen LogP contribution in [0.15, 0.2) is 48.1 Å². The summed E-state index contributed by atoms with van der Waals surface area (Å²) in [6, 6.07) is 12.0. The Bertz CT molecular complexity index is 776. The van der Waals surface area contributed by atoms with E-state index in [2.05, 4.69) is 15.4 Å². The smallest absolute Gasteiger partial charge is 0.268 e. The maximum absolute atomic E-state index is 12.6. The maximum atomic E-state index is 12.6. The molecule has 1 N–H and O–H groups in total. The number of nitrogens with zero attached hydrogens (tertiary/aromatic N) is 3. The number of aromatic nitrogens is 3. The lowest BCUT2D eigenvalue weighted by Crippen LogP contribution is -2.17. The molecule has 2 heterocycles. The highest BCUT2D eigenvalue weighted by atomic mass is 32.1. The number of nitrogens with one attached hydrogen (secondary N) is 1. The molecule has 1 aromatic carbocycles. The van der Waals surface area contributed by atoms with Crippen LogP contribution in [0.25, 0.3) is 11.1 Å². The molecule has 3 aromatic rings. The van der Waals surface area contributed by atoms with E-state index in [0.29, 0.717) is 10.8 Å². The summed E-state index contributed by atoms with van der Waals surface area (Å²) in [6.07, 6.45) is 1.45. The van der Waals surface area contributed by atoms with E-state index in [1.807, 2.05) is 55.6 Å². The SMILES string of the molecule is CC(C)n1ncnc1NC(=O)c1sccc1-c1ccccc1. The van der Waals surface area contributed by atoms with Crippen LogP contribution in [0.5, 0.6) is 0 Å². The van der Waals surface area contributed by atoms with E-state index in [9.17, 15) is 4.79 Å². The van der Waals surface area contributed by atoms with Crippen LogP contribution in [0.1, 0.15) is 29.6 Å². The Morgan fingerprint density at radius 3 is 2.73 bits per heavy atom. The molecule has 22 heavy (non-hydrogen) atoms.